The zero-order valence-corrected chi connectivity index (χ0v) is 17.4. The highest BCUT2D eigenvalue weighted by Gasteiger charge is 2.36. The molecule has 0 spiro atoms. The Morgan fingerprint density at radius 2 is 2.00 bits per heavy atom. The zero-order chi connectivity index (χ0) is 20.1. The number of aromatic nitrogens is 5. The molecule has 1 radical (unpaired) electrons. The molecule has 1 fully saturated rings. The van der Waals surface area contributed by atoms with Gasteiger partial charge in [0.1, 0.15) is 11.5 Å². The standard InChI is InChI=1S/C22H22ClN6/c1-13-4-7-18(29-24-9-10-25-29)19(12-13)28-11-8-14(2)21(28)22-26-17-6-5-16(23)15(3)20(17)27-22/h4-6,9-10,12,14,21H,8,11H2,1-3H3,(H,26,27)/t14-,21-/m0/s1. The Kier molecular flexibility index (Phi) is 4.32. The first kappa shape index (κ1) is 18.2. The molecule has 1 saturated heterocycles. The summed E-state index contributed by atoms with van der Waals surface area (Å²) in [5, 5.41) is 9.40. The fourth-order valence-corrected chi connectivity index (χ4v) is 4.43. The Hall–Kier alpha value is -2.86. The molecule has 0 unspecified atom stereocenters. The van der Waals surface area contributed by atoms with Crippen LogP contribution in [0.15, 0.2) is 36.7 Å². The van der Waals surface area contributed by atoms with Crippen molar-refractivity contribution in [2.24, 2.45) is 5.92 Å². The molecule has 2 aromatic carbocycles. The number of aromatic amines is 1. The molecule has 147 valence electrons. The van der Waals surface area contributed by atoms with E-state index in [1.54, 1.807) is 17.2 Å². The quantitative estimate of drug-likeness (QED) is 0.531. The molecule has 0 aliphatic carbocycles. The van der Waals surface area contributed by atoms with Crippen molar-refractivity contribution in [2.45, 2.75) is 33.2 Å². The third-order valence-corrected chi connectivity index (χ3v) is 6.22. The van der Waals surface area contributed by atoms with Crippen molar-refractivity contribution >= 4 is 28.3 Å². The molecular weight excluding hydrogens is 384 g/mol. The van der Waals surface area contributed by atoms with Gasteiger partial charge in [-0.1, -0.05) is 18.5 Å². The molecule has 2 aromatic heterocycles. The zero-order valence-electron chi connectivity index (χ0n) is 16.6. The van der Waals surface area contributed by atoms with Gasteiger partial charge in [0.15, 0.2) is 0 Å². The van der Waals surface area contributed by atoms with Gasteiger partial charge in [-0.2, -0.15) is 10.2 Å². The van der Waals surface area contributed by atoms with Crippen molar-refractivity contribution < 1.29 is 0 Å². The first-order valence-electron chi connectivity index (χ1n) is 9.83. The lowest BCUT2D eigenvalue weighted by molar-refractivity contribution is 0.513. The average molecular weight is 406 g/mol. The van der Waals surface area contributed by atoms with Gasteiger partial charge >= 0.3 is 0 Å². The van der Waals surface area contributed by atoms with Gasteiger partial charge in [0.05, 0.1) is 35.2 Å². The Morgan fingerprint density at radius 3 is 2.79 bits per heavy atom. The molecule has 0 saturated carbocycles. The van der Waals surface area contributed by atoms with Crippen molar-refractivity contribution in [2.75, 3.05) is 11.4 Å². The number of rotatable bonds is 3. The molecule has 1 aliphatic rings. The summed E-state index contributed by atoms with van der Waals surface area (Å²) in [5.74, 6) is 1.42. The first-order valence-corrected chi connectivity index (χ1v) is 10.2. The number of benzene rings is 2. The van der Waals surface area contributed by atoms with Crippen LogP contribution in [0.5, 0.6) is 0 Å². The highest BCUT2D eigenvalue weighted by atomic mass is 35.5. The number of hydrogen-bond acceptors (Lipinski definition) is 4. The SMILES string of the molecule is Cc1c[c]c(-n2nccn2)c(N2CC[C@H](C)[C@H]2c2nc3c(C)c(Cl)ccc3[nH]2)c1. The normalized spacial score (nSPS) is 19.4. The monoisotopic (exact) mass is 405 g/mol. The fraction of sp³-hybridized carbons (Fsp3) is 0.318. The van der Waals surface area contributed by atoms with E-state index in [4.69, 9.17) is 16.6 Å². The maximum absolute atomic E-state index is 6.32. The van der Waals surface area contributed by atoms with E-state index in [1.807, 2.05) is 25.1 Å². The van der Waals surface area contributed by atoms with E-state index in [0.29, 0.717) is 5.92 Å². The van der Waals surface area contributed by atoms with Gasteiger partial charge in [-0.05, 0) is 61.6 Å². The van der Waals surface area contributed by atoms with Crippen LogP contribution in [0.4, 0.5) is 5.69 Å². The topological polar surface area (TPSA) is 62.6 Å². The van der Waals surface area contributed by atoms with Crippen molar-refractivity contribution in [3.8, 4) is 5.69 Å². The number of halogens is 1. The van der Waals surface area contributed by atoms with E-state index in [9.17, 15) is 0 Å². The van der Waals surface area contributed by atoms with Gasteiger partial charge in [0.25, 0.3) is 0 Å². The van der Waals surface area contributed by atoms with Crippen LogP contribution in [-0.4, -0.2) is 31.5 Å². The van der Waals surface area contributed by atoms with Crippen LogP contribution in [0.25, 0.3) is 16.7 Å². The van der Waals surface area contributed by atoms with Crippen molar-refractivity contribution in [1.82, 2.24) is 25.0 Å². The molecule has 0 amide bonds. The third-order valence-electron chi connectivity index (χ3n) is 5.81. The van der Waals surface area contributed by atoms with Gasteiger partial charge < -0.3 is 9.88 Å². The molecule has 1 N–H and O–H groups in total. The van der Waals surface area contributed by atoms with E-state index in [2.05, 4.69) is 46.1 Å². The van der Waals surface area contributed by atoms with E-state index < -0.39 is 0 Å². The number of hydrogen-bond donors (Lipinski definition) is 1. The molecule has 1 aliphatic heterocycles. The number of imidazole rings is 1. The van der Waals surface area contributed by atoms with Crippen molar-refractivity contribution in [3.05, 3.63) is 64.7 Å². The smallest absolute Gasteiger partial charge is 0.130 e. The van der Waals surface area contributed by atoms with Gasteiger partial charge in [0, 0.05) is 17.6 Å². The minimum absolute atomic E-state index is 0.130. The largest absolute Gasteiger partial charge is 0.359 e. The van der Waals surface area contributed by atoms with E-state index >= 15 is 0 Å². The summed E-state index contributed by atoms with van der Waals surface area (Å²) in [7, 11) is 0. The number of nitrogens with zero attached hydrogens (tertiary/aromatic N) is 5. The average Bonchev–Trinajstić information content (AvgIpc) is 3.44. The molecule has 7 heteroatoms. The molecule has 5 rings (SSSR count). The molecule has 4 aromatic rings. The maximum atomic E-state index is 6.32. The van der Waals surface area contributed by atoms with Crippen molar-refractivity contribution in [1.29, 1.82) is 0 Å². The van der Waals surface area contributed by atoms with Crippen LogP contribution in [0.1, 0.15) is 36.3 Å². The van der Waals surface area contributed by atoms with Crippen LogP contribution < -0.4 is 4.90 Å². The Morgan fingerprint density at radius 1 is 1.21 bits per heavy atom. The summed E-state index contributed by atoms with van der Waals surface area (Å²) < 4.78 is 0. The van der Waals surface area contributed by atoms with Crippen LogP contribution in [0.3, 0.4) is 0 Å². The van der Waals surface area contributed by atoms with E-state index in [1.165, 1.54) is 0 Å². The second-order valence-corrected chi connectivity index (χ2v) is 8.23. The predicted octanol–water partition coefficient (Wildman–Crippen LogP) is 4.80. The molecule has 29 heavy (non-hydrogen) atoms. The summed E-state index contributed by atoms with van der Waals surface area (Å²) in [6.07, 6.45) is 4.46. The van der Waals surface area contributed by atoms with Gasteiger partial charge in [-0.15, -0.1) is 4.80 Å². The molecule has 6 nitrogen and oxygen atoms in total. The number of H-pyrrole nitrogens is 1. The number of nitrogens with one attached hydrogen (secondary N) is 1. The summed E-state index contributed by atoms with van der Waals surface area (Å²) in [6.45, 7) is 7.32. The second-order valence-electron chi connectivity index (χ2n) is 7.82. The molecule has 2 atom stereocenters. The summed E-state index contributed by atoms with van der Waals surface area (Å²) in [6, 6.07) is 11.6. The van der Waals surface area contributed by atoms with Crippen LogP contribution in [-0.2, 0) is 0 Å². The van der Waals surface area contributed by atoms with Crippen LogP contribution >= 0.6 is 11.6 Å². The summed E-state index contributed by atoms with van der Waals surface area (Å²) in [5.41, 5.74) is 6.05. The second kappa shape index (κ2) is 6.88. The van der Waals surface area contributed by atoms with Gasteiger partial charge in [-0.3, -0.25) is 0 Å². The third kappa shape index (κ3) is 2.99. The number of anilines is 1. The Balaban J connectivity index is 1.64. The lowest BCUT2D eigenvalue weighted by Crippen LogP contribution is -2.27. The minimum atomic E-state index is 0.130. The molecule has 0 bridgehead atoms. The maximum Gasteiger partial charge on any atom is 0.130 e. The lowest BCUT2D eigenvalue weighted by Gasteiger charge is -2.29. The highest BCUT2D eigenvalue weighted by molar-refractivity contribution is 6.32. The van der Waals surface area contributed by atoms with Gasteiger partial charge in [-0.25, -0.2) is 4.98 Å². The van der Waals surface area contributed by atoms with E-state index in [-0.39, 0.29) is 6.04 Å². The molecule has 3 heterocycles. The van der Waals surface area contributed by atoms with Crippen molar-refractivity contribution in [3.63, 3.8) is 0 Å². The summed E-state index contributed by atoms with van der Waals surface area (Å²) >= 11 is 6.32. The summed E-state index contributed by atoms with van der Waals surface area (Å²) in [4.78, 5) is 12.6. The van der Waals surface area contributed by atoms with Crippen LogP contribution in [0, 0.1) is 25.8 Å². The highest BCUT2D eigenvalue weighted by Crippen LogP contribution is 2.42. The minimum Gasteiger partial charge on any atom is -0.359 e. The predicted molar refractivity (Wildman–Crippen MR) is 115 cm³/mol. The van der Waals surface area contributed by atoms with E-state index in [0.717, 1.165) is 57.3 Å². The Labute approximate surface area is 174 Å². The number of fused-ring (bicyclic) bond motifs is 1. The Bertz CT molecular complexity index is 1180. The lowest BCUT2D eigenvalue weighted by atomic mass is 10.0. The fourth-order valence-electron chi connectivity index (χ4n) is 4.27. The number of aryl methyl sites for hydroxylation is 2. The molecular formula is C22H22ClN6. The van der Waals surface area contributed by atoms with Gasteiger partial charge in [0.2, 0.25) is 0 Å². The first-order chi connectivity index (χ1) is 14.0. The van der Waals surface area contributed by atoms with Crippen LogP contribution in [0.2, 0.25) is 5.02 Å².